The molecule has 9 nitrogen and oxygen atoms in total. The predicted octanol–water partition coefficient (Wildman–Crippen LogP) is 3.88. The highest BCUT2D eigenvalue weighted by molar-refractivity contribution is 8.00. The maximum absolute atomic E-state index is 14.0. The second kappa shape index (κ2) is 11.6. The van der Waals surface area contributed by atoms with Crippen molar-refractivity contribution in [2.75, 3.05) is 19.5 Å². The van der Waals surface area contributed by atoms with Crippen LogP contribution < -0.4 is 21.4 Å². The largest absolute Gasteiger partial charge is 0.455 e. The molecule has 39 heavy (non-hydrogen) atoms. The number of rotatable bonds is 8. The summed E-state index contributed by atoms with van der Waals surface area (Å²) in [5.41, 5.74) is 3.28. The lowest BCUT2D eigenvalue weighted by Crippen LogP contribution is -2.79. The zero-order valence-electron chi connectivity index (χ0n) is 21.7. The van der Waals surface area contributed by atoms with Gasteiger partial charge in [-0.05, 0) is 55.6 Å². The van der Waals surface area contributed by atoms with Crippen LogP contribution in [0.25, 0.3) is 0 Å². The van der Waals surface area contributed by atoms with E-state index < -0.39 is 42.7 Å². The minimum absolute atomic E-state index is 0.0178. The minimum Gasteiger partial charge on any atom is -0.455 e. The third-order valence-electron chi connectivity index (χ3n) is 5.82. The highest BCUT2D eigenvalue weighted by Crippen LogP contribution is 2.50. The molecule has 1 fully saturated rings. The van der Waals surface area contributed by atoms with Crippen molar-refractivity contribution in [3.63, 3.8) is 0 Å². The summed E-state index contributed by atoms with van der Waals surface area (Å²) in [6, 6.07) is 14.7. The van der Waals surface area contributed by atoms with Crippen molar-refractivity contribution in [1.82, 2.24) is 9.99 Å². The molecule has 4 rings (SSSR count). The van der Waals surface area contributed by atoms with Gasteiger partial charge in [0.05, 0.1) is 0 Å². The fraction of sp³-hybridized carbons (Fsp3) is 0.346. The highest BCUT2D eigenvalue weighted by atomic mass is 35.5. The van der Waals surface area contributed by atoms with E-state index in [-0.39, 0.29) is 18.1 Å². The molecule has 0 spiro atoms. The number of nitrogens with two attached hydrogens (primary N) is 1. The van der Waals surface area contributed by atoms with Gasteiger partial charge in [-0.1, -0.05) is 47.5 Å². The van der Waals surface area contributed by atoms with Crippen LogP contribution >= 0.6 is 43.0 Å². The molecule has 2 aliphatic heterocycles. The number of amides is 2. The monoisotopic (exact) mass is 611 g/mol. The summed E-state index contributed by atoms with van der Waals surface area (Å²) in [4.78, 5) is 39.9. The van der Waals surface area contributed by atoms with Gasteiger partial charge in [0.25, 0.3) is 5.91 Å². The molecule has 2 amide bonds. The second-order valence-corrected chi connectivity index (χ2v) is 13.6. The quantitative estimate of drug-likeness (QED) is 0.200. The number of nitrogens with zero attached hydrogens (tertiary/aromatic N) is 1. The Balaban J connectivity index is 1.74. The molecule has 2 aromatic rings. The Kier molecular flexibility index (Phi) is 8.86. The molecule has 13 heteroatoms. The summed E-state index contributed by atoms with van der Waals surface area (Å²) in [5.74, 6) is -0.924. The molecule has 0 saturated carbocycles. The molecular formula is C26H28Cl2N3O6PS. The highest BCUT2D eigenvalue weighted by Gasteiger charge is 2.66. The fourth-order valence-corrected chi connectivity index (χ4v) is 8.43. The molecule has 0 bridgehead atoms. The van der Waals surface area contributed by atoms with E-state index in [1.54, 1.807) is 32.9 Å². The number of β-lactam (4-membered cyclic amide) rings is 1. The Morgan fingerprint density at radius 1 is 1.15 bits per heavy atom. The Morgan fingerprint density at radius 3 is 2.23 bits per heavy atom. The molecule has 2 heterocycles. The molecule has 208 valence electrons. The van der Waals surface area contributed by atoms with Crippen molar-refractivity contribution < 1.29 is 28.6 Å². The maximum atomic E-state index is 14.0. The van der Waals surface area contributed by atoms with Crippen LogP contribution in [0.4, 0.5) is 4.79 Å². The molecule has 2 atom stereocenters. The zero-order chi connectivity index (χ0) is 28.5. The molecule has 0 radical (unpaired) electrons. The minimum atomic E-state index is -1.48. The van der Waals surface area contributed by atoms with Gasteiger partial charge in [-0.3, -0.25) is 9.69 Å². The Hall–Kier alpha value is -2.33. The normalized spacial score (nSPS) is 20.9. The maximum Gasteiger partial charge on any atom is 0.404 e. The van der Waals surface area contributed by atoms with Gasteiger partial charge in [-0.25, -0.2) is 14.7 Å². The molecule has 1 saturated heterocycles. The number of benzene rings is 2. The number of hydrogen-bond acceptors (Lipinski definition) is 8. The van der Waals surface area contributed by atoms with Crippen LogP contribution in [-0.4, -0.2) is 59.0 Å². The van der Waals surface area contributed by atoms with Crippen molar-refractivity contribution in [2.45, 2.75) is 37.5 Å². The number of methoxy groups -OCH3 is 1. The smallest absolute Gasteiger partial charge is 0.404 e. The first-order valence-electron chi connectivity index (χ1n) is 11.8. The molecule has 0 aromatic heterocycles. The van der Waals surface area contributed by atoms with Gasteiger partial charge in [0.15, 0.2) is 0 Å². The third kappa shape index (κ3) is 6.21. The van der Waals surface area contributed by atoms with E-state index in [9.17, 15) is 14.4 Å². The summed E-state index contributed by atoms with van der Waals surface area (Å²) in [6.45, 7) is 4.92. The number of fused-ring (bicyclic) bond motifs is 1. The number of carbonyl (C=O) groups is 3. The molecule has 3 N–H and O–H groups in total. The number of ether oxygens (including phenoxy) is 3. The number of halogens is 2. The SMILES string of the molecule is CO[C@@]1(NP(c2cccc(Cl)c2)c2cccc(Cl)c2)C(=O)N2C(C(=O)OC(C)(C)C)=C(COC(N)=O)CS[C@H]21. The first-order valence-corrected chi connectivity index (χ1v) is 15.0. The number of thioether (sulfide) groups is 1. The average molecular weight is 612 g/mol. The van der Waals surface area contributed by atoms with E-state index in [2.05, 4.69) is 5.09 Å². The van der Waals surface area contributed by atoms with Gasteiger partial charge in [-0.15, -0.1) is 11.8 Å². The van der Waals surface area contributed by atoms with E-state index in [4.69, 9.17) is 43.1 Å². The van der Waals surface area contributed by atoms with Crippen molar-refractivity contribution in [3.8, 4) is 0 Å². The van der Waals surface area contributed by atoms with Crippen LogP contribution in [0.1, 0.15) is 20.8 Å². The van der Waals surface area contributed by atoms with E-state index >= 15 is 0 Å². The molecule has 2 aromatic carbocycles. The zero-order valence-corrected chi connectivity index (χ0v) is 24.9. The summed E-state index contributed by atoms with van der Waals surface area (Å²) < 4.78 is 16.5. The number of hydrogen-bond donors (Lipinski definition) is 2. The van der Waals surface area contributed by atoms with Gasteiger partial charge in [0.2, 0.25) is 5.72 Å². The Morgan fingerprint density at radius 2 is 1.74 bits per heavy atom. The lowest BCUT2D eigenvalue weighted by atomic mass is 9.99. The summed E-state index contributed by atoms with van der Waals surface area (Å²) in [7, 11) is 0.0477. The molecule has 0 aliphatic carbocycles. The van der Waals surface area contributed by atoms with Gasteiger partial charge in [-0.2, -0.15) is 0 Å². The van der Waals surface area contributed by atoms with Gasteiger partial charge in [0.1, 0.15) is 23.3 Å². The Bertz CT molecular complexity index is 1290. The first kappa shape index (κ1) is 29.6. The summed E-state index contributed by atoms with van der Waals surface area (Å²) in [6.07, 6.45) is -0.991. The van der Waals surface area contributed by atoms with Crippen molar-refractivity contribution in [3.05, 3.63) is 69.8 Å². The van der Waals surface area contributed by atoms with E-state index in [0.29, 0.717) is 15.6 Å². The predicted molar refractivity (Wildman–Crippen MR) is 153 cm³/mol. The number of carbonyl (C=O) groups excluding carboxylic acids is 3. The lowest BCUT2D eigenvalue weighted by Gasteiger charge is -2.57. The van der Waals surface area contributed by atoms with Crippen LogP contribution in [0.5, 0.6) is 0 Å². The first-order chi connectivity index (χ1) is 18.4. The molecule has 0 unspecified atom stereocenters. The van der Waals surface area contributed by atoms with Crippen molar-refractivity contribution in [1.29, 1.82) is 0 Å². The fourth-order valence-electron chi connectivity index (χ4n) is 4.18. The van der Waals surface area contributed by atoms with Crippen LogP contribution in [0.2, 0.25) is 10.0 Å². The van der Waals surface area contributed by atoms with E-state index in [0.717, 1.165) is 10.6 Å². The number of primary amides is 1. The number of nitrogens with one attached hydrogen (secondary N) is 1. The average Bonchev–Trinajstić information content (AvgIpc) is 2.86. The van der Waals surface area contributed by atoms with Gasteiger partial charge < -0.3 is 19.9 Å². The lowest BCUT2D eigenvalue weighted by molar-refractivity contribution is -0.188. The van der Waals surface area contributed by atoms with E-state index in [1.807, 2.05) is 36.4 Å². The molecule has 2 aliphatic rings. The summed E-state index contributed by atoms with van der Waals surface area (Å²) >= 11 is 14.0. The molecular weight excluding hydrogens is 584 g/mol. The van der Waals surface area contributed by atoms with Crippen LogP contribution in [0.3, 0.4) is 0 Å². The van der Waals surface area contributed by atoms with Crippen molar-refractivity contribution in [2.24, 2.45) is 5.73 Å². The van der Waals surface area contributed by atoms with Gasteiger partial charge in [0, 0.05) is 36.6 Å². The third-order valence-corrected chi connectivity index (χ3v) is 9.81. The van der Waals surface area contributed by atoms with Gasteiger partial charge >= 0.3 is 12.1 Å². The standard InChI is InChI=1S/C26H28Cl2N3O6PS/c1-25(2,3)37-21(32)20-15(13-36-24(29)34)14-39-23-26(35-4,22(33)31(20)23)30-38(18-9-5-7-16(27)11-18)19-10-6-8-17(28)12-19/h5-12,23,30H,13-14H2,1-4H3,(H2,29,34)/t23-,26-/m0/s1. The number of esters is 1. The van der Waals surface area contributed by atoms with Crippen LogP contribution in [0, 0.1) is 0 Å². The Labute approximate surface area is 242 Å². The topological polar surface area (TPSA) is 120 Å². The van der Waals surface area contributed by atoms with Crippen LogP contribution in [-0.2, 0) is 23.8 Å². The summed E-state index contributed by atoms with van der Waals surface area (Å²) in [5, 5.41) is 5.61. The second-order valence-electron chi connectivity index (χ2n) is 9.75. The van der Waals surface area contributed by atoms with E-state index in [1.165, 1.54) is 23.8 Å². The van der Waals surface area contributed by atoms with Crippen molar-refractivity contribution >= 4 is 71.6 Å². The van der Waals surface area contributed by atoms with Crippen LogP contribution in [0.15, 0.2) is 59.8 Å².